The first-order valence-corrected chi connectivity index (χ1v) is 12.8. The van der Waals surface area contributed by atoms with Gasteiger partial charge in [0.15, 0.2) is 0 Å². The van der Waals surface area contributed by atoms with Crippen LogP contribution in [0.2, 0.25) is 0 Å². The van der Waals surface area contributed by atoms with Crippen LogP contribution in [-0.2, 0) is 21.0 Å². The smallest absolute Gasteiger partial charge is 0.350 e. The molecule has 0 saturated heterocycles. The Bertz CT molecular complexity index is 1270. The number of hydrogen-bond donors (Lipinski definition) is 4. The monoisotopic (exact) mass is 541 g/mol. The zero-order valence-electron chi connectivity index (χ0n) is 19.5. The fourth-order valence-electron chi connectivity index (χ4n) is 4.00. The second-order valence-electron chi connectivity index (χ2n) is 8.62. The minimum atomic E-state index is -4.64. The molecule has 2 atom stereocenters. The van der Waals surface area contributed by atoms with Crippen LogP contribution in [0, 0.1) is 0 Å². The molecule has 14 heteroatoms. The third-order valence-electron chi connectivity index (χ3n) is 5.89. The number of nitrogens with one attached hydrogen (secondary N) is 2. The van der Waals surface area contributed by atoms with E-state index in [1.807, 2.05) is 0 Å². The Morgan fingerprint density at radius 3 is 2.11 bits per heavy atom. The molecule has 1 aliphatic rings. The molecule has 0 spiro atoms. The van der Waals surface area contributed by atoms with Crippen LogP contribution in [0.5, 0.6) is 0 Å². The number of rotatable bonds is 7. The van der Waals surface area contributed by atoms with Crippen molar-refractivity contribution in [3.63, 3.8) is 0 Å². The van der Waals surface area contributed by atoms with E-state index in [0.29, 0.717) is 23.9 Å². The number of carbonyl (C=O) groups is 3. The maximum atomic E-state index is 12.9. The molecule has 3 rings (SSSR count). The number of primary sulfonamides is 1. The molecule has 0 aliphatic heterocycles. The third kappa shape index (κ3) is 7.50. The summed E-state index contributed by atoms with van der Waals surface area (Å²) < 4.78 is 61.5. The summed E-state index contributed by atoms with van der Waals surface area (Å²) in [5, 5.41) is 11.1. The highest BCUT2D eigenvalue weighted by atomic mass is 32.2. The summed E-state index contributed by atoms with van der Waals surface area (Å²) >= 11 is 0. The molecule has 2 aromatic carbocycles. The van der Waals surface area contributed by atoms with Crippen LogP contribution in [0.25, 0.3) is 0 Å². The van der Waals surface area contributed by atoms with Crippen LogP contribution in [0.3, 0.4) is 0 Å². The van der Waals surface area contributed by atoms with Crippen molar-refractivity contribution in [1.82, 2.24) is 15.6 Å². The molecule has 1 aliphatic carbocycles. The third-order valence-corrected chi connectivity index (χ3v) is 6.81. The van der Waals surface area contributed by atoms with Gasteiger partial charge in [0.05, 0.1) is 10.5 Å². The molecule has 0 radical (unpaired) electrons. The molecular formula is C23H26F3N5O5S. The Morgan fingerprint density at radius 1 is 0.946 bits per heavy atom. The van der Waals surface area contributed by atoms with Crippen molar-refractivity contribution in [1.29, 1.82) is 0 Å². The number of nitrogens with two attached hydrogens (primary N) is 2. The maximum Gasteiger partial charge on any atom is 0.416 e. The van der Waals surface area contributed by atoms with Crippen LogP contribution >= 0.6 is 0 Å². The first-order valence-electron chi connectivity index (χ1n) is 11.2. The van der Waals surface area contributed by atoms with Crippen molar-refractivity contribution in [2.24, 2.45) is 11.0 Å². The standard InChI is InChI=1S/C23H26F3N5O5S/c24-23(25,26)16-5-3-4-15(12-16)22(34)31(27)13-20(32)29-18-6-1-2-7-19(18)30-21(33)14-8-10-17(11-9-14)37(28,35)36/h3-5,8-12,18-19H,1-2,6-7,13,27H2,(H,29,32)(H,30,33)(H2,28,35,36)/t18-,19+/m1/s1. The van der Waals surface area contributed by atoms with Gasteiger partial charge in [-0.05, 0) is 55.3 Å². The molecule has 0 heterocycles. The number of hydrazine groups is 1. The topological polar surface area (TPSA) is 165 Å². The highest BCUT2D eigenvalue weighted by Gasteiger charge is 2.32. The van der Waals surface area contributed by atoms with Gasteiger partial charge >= 0.3 is 6.18 Å². The fourth-order valence-corrected chi connectivity index (χ4v) is 4.51. The Balaban J connectivity index is 1.60. The van der Waals surface area contributed by atoms with Gasteiger partial charge in [0.25, 0.3) is 11.8 Å². The minimum absolute atomic E-state index is 0.141. The van der Waals surface area contributed by atoms with Crippen LogP contribution in [0.1, 0.15) is 52.0 Å². The molecule has 0 bridgehead atoms. The Labute approximate surface area is 211 Å². The number of halogens is 3. The van der Waals surface area contributed by atoms with E-state index in [2.05, 4.69) is 10.6 Å². The zero-order valence-corrected chi connectivity index (χ0v) is 20.3. The lowest BCUT2D eigenvalue weighted by Crippen LogP contribution is -2.55. The number of nitrogens with zero attached hydrogens (tertiary/aromatic N) is 1. The molecule has 37 heavy (non-hydrogen) atoms. The van der Waals surface area contributed by atoms with Crippen molar-refractivity contribution >= 4 is 27.7 Å². The van der Waals surface area contributed by atoms with Gasteiger partial charge in [-0.15, -0.1) is 0 Å². The van der Waals surface area contributed by atoms with E-state index in [-0.39, 0.29) is 16.0 Å². The molecule has 6 N–H and O–H groups in total. The highest BCUT2D eigenvalue weighted by Crippen LogP contribution is 2.29. The summed E-state index contributed by atoms with van der Waals surface area (Å²) in [7, 11) is -3.90. The average Bonchev–Trinajstić information content (AvgIpc) is 2.83. The van der Waals surface area contributed by atoms with Gasteiger partial charge in [-0.25, -0.2) is 19.4 Å². The highest BCUT2D eigenvalue weighted by molar-refractivity contribution is 7.89. The van der Waals surface area contributed by atoms with Crippen molar-refractivity contribution < 1.29 is 36.0 Å². The lowest BCUT2D eigenvalue weighted by molar-refractivity contribution is -0.137. The van der Waals surface area contributed by atoms with Crippen LogP contribution < -0.4 is 21.6 Å². The van der Waals surface area contributed by atoms with E-state index in [4.69, 9.17) is 11.0 Å². The molecular weight excluding hydrogens is 515 g/mol. The van der Waals surface area contributed by atoms with E-state index in [9.17, 15) is 36.0 Å². The van der Waals surface area contributed by atoms with Crippen LogP contribution in [0.15, 0.2) is 53.4 Å². The predicted octanol–water partition coefficient (Wildman–Crippen LogP) is 1.53. The van der Waals surface area contributed by atoms with Crippen molar-refractivity contribution in [3.05, 3.63) is 65.2 Å². The van der Waals surface area contributed by atoms with Gasteiger partial charge in [-0.2, -0.15) is 13.2 Å². The minimum Gasteiger partial charge on any atom is -0.350 e. The number of amides is 3. The zero-order chi connectivity index (χ0) is 27.4. The summed E-state index contributed by atoms with van der Waals surface area (Å²) in [6, 6.07) is 7.83. The number of alkyl halides is 3. The summed E-state index contributed by atoms with van der Waals surface area (Å²) in [5.41, 5.74) is -1.14. The van der Waals surface area contributed by atoms with Crippen molar-refractivity contribution in [3.8, 4) is 0 Å². The van der Waals surface area contributed by atoms with E-state index < -0.39 is 58.1 Å². The summed E-state index contributed by atoms with van der Waals surface area (Å²) in [4.78, 5) is 37.6. The van der Waals surface area contributed by atoms with E-state index in [1.165, 1.54) is 24.3 Å². The largest absolute Gasteiger partial charge is 0.416 e. The first kappa shape index (κ1) is 28.1. The molecule has 3 amide bonds. The molecule has 1 fully saturated rings. The Morgan fingerprint density at radius 2 is 1.54 bits per heavy atom. The second-order valence-corrected chi connectivity index (χ2v) is 10.2. The number of carbonyl (C=O) groups excluding carboxylic acids is 3. The fraction of sp³-hybridized carbons (Fsp3) is 0.348. The lowest BCUT2D eigenvalue weighted by Gasteiger charge is -2.33. The second kappa shape index (κ2) is 11.3. The van der Waals surface area contributed by atoms with Crippen molar-refractivity contribution in [2.75, 3.05) is 6.54 Å². The summed E-state index contributed by atoms with van der Waals surface area (Å²) in [5.74, 6) is 3.58. The lowest BCUT2D eigenvalue weighted by atomic mass is 9.90. The summed E-state index contributed by atoms with van der Waals surface area (Å²) in [6.07, 6.45) is -1.99. The van der Waals surface area contributed by atoms with Gasteiger partial charge < -0.3 is 10.6 Å². The Kier molecular flexibility index (Phi) is 8.56. The van der Waals surface area contributed by atoms with E-state index >= 15 is 0 Å². The first-order chi connectivity index (χ1) is 17.3. The van der Waals surface area contributed by atoms with Crippen molar-refractivity contribution in [2.45, 2.75) is 48.8 Å². The summed E-state index contributed by atoms with van der Waals surface area (Å²) in [6.45, 7) is -0.610. The molecule has 2 aromatic rings. The van der Waals surface area contributed by atoms with Gasteiger partial charge in [0.2, 0.25) is 15.9 Å². The van der Waals surface area contributed by atoms with Crippen LogP contribution in [0.4, 0.5) is 13.2 Å². The molecule has 10 nitrogen and oxygen atoms in total. The van der Waals surface area contributed by atoms with Gasteiger partial charge in [0.1, 0.15) is 6.54 Å². The van der Waals surface area contributed by atoms with Crippen LogP contribution in [-0.4, -0.2) is 49.8 Å². The number of sulfonamides is 1. The van der Waals surface area contributed by atoms with Gasteiger partial charge in [-0.3, -0.25) is 19.4 Å². The normalized spacial score (nSPS) is 18.1. The molecule has 1 saturated carbocycles. The molecule has 200 valence electrons. The Hall–Kier alpha value is -3.49. The molecule has 0 unspecified atom stereocenters. The predicted molar refractivity (Wildman–Crippen MR) is 126 cm³/mol. The number of hydrogen-bond acceptors (Lipinski definition) is 6. The number of benzene rings is 2. The average molecular weight is 542 g/mol. The van der Waals surface area contributed by atoms with E-state index in [0.717, 1.165) is 31.0 Å². The van der Waals surface area contributed by atoms with Gasteiger partial charge in [-0.1, -0.05) is 18.9 Å². The molecule has 0 aromatic heterocycles. The maximum absolute atomic E-state index is 12.9. The SMILES string of the molecule is NN(CC(=O)N[C@@H]1CCCC[C@@H]1NC(=O)c1ccc(S(N)(=O)=O)cc1)C(=O)c1cccc(C(F)(F)F)c1. The van der Waals surface area contributed by atoms with E-state index in [1.54, 1.807) is 0 Å². The van der Waals surface area contributed by atoms with Gasteiger partial charge in [0, 0.05) is 23.2 Å². The quantitative estimate of drug-likeness (QED) is 0.236.